The van der Waals surface area contributed by atoms with E-state index in [9.17, 15) is 18.0 Å². The molecule has 2 unspecified atom stereocenters. The van der Waals surface area contributed by atoms with Gasteiger partial charge in [-0.3, -0.25) is 5.32 Å². The number of halogens is 3. The number of amides is 2. The van der Waals surface area contributed by atoms with Gasteiger partial charge in [-0.25, -0.2) is 22.7 Å². The number of nitrogens with one attached hydrogen (secondary N) is 3. The smallest absolute Gasteiger partial charge is 0.485 e. The molecule has 0 aromatic heterocycles. The van der Waals surface area contributed by atoms with E-state index < -0.39 is 15.6 Å². The Hall–Kier alpha value is -1.76. The van der Waals surface area contributed by atoms with Crippen LogP contribution in [0.25, 0.3) is 0 Å². The number of nitrogens with zero attached hydrogens (tertiary/aromatic N) is 2. The van der Waals surface area contributed by atoms with Crippen LogP contribution in [0.2, 0.25) is 0 Å². The summed E-state index contributed by atoms with van der Waals surface area (Å²) in [6.07, 6.45) is 1.14. The Labute approximate surface area is 131 Å². The molecule has 2 aliphatic heterocycles. The molecule has 2 rings (SSSR count). The summed E-state index contributed by atoms with van der Waals surface area (Å²) in [5, 5.41) is 9.10. The van der Waals surface area contributed by atoms with Crippen LogP contribution in [0.3, 0.4) is 0 Å². The van der Waals surface area contributed by atoms with Gasteiger partial charge in [-0.1, -0.05) is 6.92 Å². The van der Waals surface area contributed by atoms with Gasteiger partial charge < -0.3 is 15.2 Å². The van der Waals surface area contributed by atoms with Gasteiger partial charge in [0.2, 0.25) is 12.3 Å². The molecular formula is C10H18F3N5O4S. The Morgan fingerprint density at radius 3 is 2.30 bits per heavy atom. The molecule has 134 valence electrons. The first-order chi connectivity index (χ1) is 10.4. The van der Waals surface area contributed by atoms with Gasteiger partial charge in [0, 0.05) is 0 Å². The molecule has 1 fully saturated rings. The van der Waals surface area contributed by atoms with Gasteiger partial charge in [-0.05, 0) is 6.42 Å². The van der Waals surface area contributed by atoms with E-state index in [1.54, 1.807) is 0 Å². The average Bonchev–Trinajstić information content (AvgIpc) is 2.87. The Kier molecular flexibility index (Phi) is 5.69. The highest BCUT2D eigenvalue weighted by Crippen LogP contribution is 2.20. The van der Waals surface area contributed by atoms with Crippen molar-refractivity contribution in [2.75, 3.05) is 20.6 Å². The molecule has 1 saturated heterocycles. The summed E-state index contributed by atoms with van der Waals surface area (Å²) in [7, 11) is -2.13. The van der Waals surface area contributed by atoms with Crippen molar-refractivity contribution in [2.24, 2.45) is 0 Å². The standard InChI is InChI=1S/C9H17N5O.CHF3O3S/c1-4-5-10-9-13(2)6-7(14(9)3)12-8(15)11-6;2-1(3,4)8(5,6)7/h6-7H,4-5H2,1-3H3,(H2,11,12,15);(H,5,6,7). The van der Waals surface area contributed by atoms with Crippen LogP contribution in [0.1, 0.15) is 13.3 Å². The second kappa shape index (κ2) is 6.78. The lowest BCUT2D eigenvalue weighted by molar-refractivity contribution is -0.535. The second-order valence-corrected chi connectivity index (χ2v) is 6.25. The largest absolute Gasteiger partial charge is 0.741 e. The maximum absolute atomic E-state index is 11.2. The maximum Gasteiger partial charge on any atom is 0.485 e. The maximum atomic E-state index is 11.2. The van der Waals surface area contributed by atoms with E-state index >= 15 is 0 Å². The third-order valence-corrected chi connectivity index (χ3v) is 3.74. The fourth-order valence-electron chi connectivity index (χ4n) is 2.08. The number of urea groups is 1. The predicted octanol–water partition coefficient (Wildman–Crippen LogP) is -1.05. The van der Waals surface area contributed by atoms with Gasteiger partial charge in [-0.2, -0.15) is 13.2 Å². The predicted molar refractivity (Wildman–Crippen MR) is 72.2 cm³/mol. The number of carbonyl (C=O) groups excluding carboxylic acids is 1. The topological polar surface area (TPSA) is 117 Å². The van der Waals surface area contributed by atoms with E-state index in [4.69, 9.17) is 13.0 Å². The van der Waals surface area contributed by atoms with Crippen LogP contribution >= 0.6 is 0 Å². The molecule has 2 amide bonds. The zero-order valence-corrected chi connectivity index (χ0v) is 13.5. The highest BCUT2D eigenvalue weighted by atomic mass is 32.2. The van der Waals surface area contributed by atoms with Crippen LogP contribution in [-0.2, 0) is 10.1 Å². The quantitative estimate of drug-likeness (QED) is 0.328. The molecule has 2 heterocycles. The van der Waals surface area contributed by atoms with Crippen molar-refractivity contribution in [2.45, 2.75) is 31.2 Å². The molecule has 13 heteroatoms. The van der Waals surface area contributed by atoms with Crippen molar-refractivity contribution in [1.82, 2.24) is 20.9 Å². The van der Waals surface area contributed by atoms with Crippen molar-refractivity contribution in [1.29, 1.82) is 0 Å². The van der Waals surface area contributed by atoms with Gasteiger partial charge in [0.1, 0.15) is 0 Å². The molecule has 2 aliphatic rings. The number of hydrogen-bond donors (Lipinski definition) is 3. The van der Waals surface area contributed by atoms with E-state index in [-0.39, 0.29) is 18.4 Å². The van der Waals surface area contributed by atoms with Crippen LogP contribution in [0.15, 0.2) is 0 Å². The highest BCUT2D eigenvalue weighted by Gasteiger charge is 2.48. The third kappa shape index (κ3) is 4.37. The molecule has 0 aliphatic carbocycles. The van der Waals surface area contributed by atoms with Crippen LogP contribution in [0.4, 0.5) is 18.0 Å². The summed E-state index contributed by atoms with van der Waals surface area (Å²) in [6.45, 7) is 3.07. The minimum atomic E-state index is -6.09. The first-order valence-corrected chi connectivity index (χ1v) is 7.96. The summed E-state index contributed by atoms with van der Waals surface area (Å²) in [6, 6.07) is -0.0989. The van der Waals surface area contributed by atoms with Crippen molar-refractivity contribution in [3.05, 3.63) is 0 Å². The SMILES string of the molecule is CCCNC1=[N+](C)C2NC(=O)NC2N1C.O=S(=O)([O-])C(F)(F)F. The molecule has 2 atom stereocenters. The van der Waals surface area contributed by atoms with Gasteiger partial charge in [-0.15, -0.1) is 0 Å². The lowest BCUT2D eigenvalue weighted by atomic mass is 10.4. The lowest BCUT2D eigenvalue weighted by Gasteiger charge is -2.14. The van der Waals surface area contributed by atoms with Crippen LogP contribution in [0, 0.1) is 0 Å². The zero-order chi connectivity index (χ0) is 18.0. The third-order valence-electron chi connectivity index (χ3n) is 3.18. The molecular weight excluding hydrogens is 343 g/mol. The molecule has 0 bridgehead atoms. The van der Waals surface area contributed by atoms with Crippen molar-refractivity contribution in [3.63, 3.8) is 0 Å². The van der Waals surface area contributed by atoms with E-state index in [0.717, 1.165) is 18.9 Å². The molecule has 0 spiro atoms. The Balaban J connectivity index is 0.000000284. The first kappa shape index (κ1) is 19.3. The highest BCUT2D eigenvalue weighted by molar-refractivity contribution is 7.86. The number of alkyl halides is 3. The number of hydrogen-bond acceptors (Lipinski definition) is 6. The van der Waals surface area contributed by atoms with E-state index in [0.29, 0.717) is 0 Å². The number of carbonyl (C=O) groups is 1. The van der Waals surface area contributed by atoms with E-state index in [1.165, 1.54) is 0 Å². The molecule has 0 aromatic carbocycles. The molecule has 9 nitrogen and oxygen atoms in total. The van der Waals surface area contributed by atoms with Crippen molar-refractivity contribution < 1.29 is 35.5 Å². The molecule has 23 heavy (non-hydrogen) atoms. The number of likely N-dealkylation sites (N-methyl/N-ethyl adjacent to an activating group) is 2. The summed E-state index contributed by atoms with van der Waals surface area (Å²) in [5.41, 5.74) is -5.65. The Bertz CT molecular complexity index is 592. The van der Waals surface area contributed by atoms with Crippen LogP contribution in [0.5, 0.6) is 0 Å². The molecule has 0 saturated carbocycles. The molecule has 0 radical (unpaired) electrons. The van der Waals surface area contributed by atoms with E-state index in [1.807, 2.05) is 14.1 Å². The second-order valence-electron chi connectivity index (χ2n) is 4.88. The minimum Gasteiger partial charge on any atom is -0.741 e. The lowest BCUT2D eigenvalue weighted by Crippen LogP contribution is -2.47. The van der Waals surface area contributed by atoms with Gasteiger partial charge in [0.25, 0.3) is 0 Å². The Morgan fingerprint density at radius 2 is 1.91 bits per heavy atom. The summed E-state index contributed by atoms with van der Waals surface area (Å²) >= 11 is 0. The number of guanidine groups is 1. The molecule has 0 aromatic rings. The Morgan fingerprint density at radius 1 is 1.39 bits per heavy atom. The van der Waals surface area contributed by atoms with Gasteiger partial charge >= 0.3 is 17.5 Å². The minimum absolute atomic E-state index is 0.0295. The fraction of sp³-hybridized carbons (Fsp3) is 0.800. The van der Waals surface area contributed by atoms with Gasteiger partial charge in [0.15, 0.2) is 10.1 Å². The number of fused-ring (bicyclic) bond motifs is 1. The van der Waals surface area contributed by atoms with Crippen molar-refractivity contribution in [3.8, 4) is 0 Å². The van der Waals surface area contributed by atoms with Crippen LogP contribution in [-0.4, -0.2) is 72.9 Å². The first-order valence-electron chi connectivity index (χ1n) is 6.55. The summed E-state index contributed by atoms with van der Waals surface area (Å²) < 4.78 is 61.0. The average molecular weight is 361 g/mol. The molecule has 3 N–H and O–H groups in total. The van der Waals surface area contributed by atoms with E-state index in [2.05, 4.69) is 32.3 Å². The zero-order valence-electron chi connectivity index (χ0n) is 12.6. The fourth-order valence-corrected chi connectivity index (χ4v) is 2.08. The normalized spacial score (nSPS) is 23.8. The summed E-state index contributed by atoms with van der Waals surface area (Å²) in [5.74, 6) is 1.05. The summed E-state index contributed by atoms with van der Waals surface area (Å²) in [4.78, 5) is 13.2. The monoisotopic (exact) mass is 361 g/mol. The van der Waals surface area contributed by atoms with Gasteiger partial charge in [0.05, 0.1) is 20.6 Å². The number of rotatable bonds is 2. The van der Waals surface area contributed by atoms with Crippen molar-refractivity contribution >= 4 is 22.1 Å². The van der Waals surface area contributed by atoms with Crippen LogP contribution < -0.4 is 16.0 Å².